The Morgan fingerprint density at radius 2 is 2.31 bits per heavy atom. The van der Waals surface area contributed by atoms with Crippen LogP contribution in [-0.2, 0) is 6.54 Å². The van der Waals surface area contributed by atoms with Gasteiger partial charge in [-0.25, -0.2) is 0 Å². The van der Waals surface area contributed by atoms with Gasteiger partial charge in [0.05, 0.1) is 0 Å². The van der Waals surface area contributed by atoms with Crippen LogP contribution in [0.25, 0.3) is 0 Å². The van der Waals surface area contributed by atoms with Gasteiger partial charge in [0, 0.05) is 29.5 Å². The molecule has 16 heavy (non-hydrogen) atoms. The summed E-state index contributed by atoms with van der Waals surface area (Å²) in [6.45, 7) is 6.91. The molecule has 2 rings (SSSR count). The average molecular weight is 283 g/mol. The molecule has 1 unspecified atom stereocenters. The van der Waals surface area contributed by atoms with Crippen molar-refractivity contribution in [2.24, 2.45) is 5.92 Å². The average Bonchev–Trinajstić information content (AvgIpc) is 2.66. The normalized spacial score (nSPS) is 21.9. The highest BCUT2D eigenvalue weighted by atomic mass is 79.9. The highest BCUT2D eigenvalue weighted by Crippen LogP contribution is 2.25. The largest absolute Gasteiger partial charge is 0.296 e. The number of rotatable bonds is 3. The fourth-order valence-electron chi connectivity index (χ4n) is 2.58. The van der Waals surface area contributed by atoms with Gasteiger partial charge in [-0.15, -0.1) is 0 Å². The molecule has 0 radical (unpaired) electrons. The Morgan fingerprint density at radius 1 is 1.50 bits per heavy atom. The monoisotopic (exact) mass is 282 g/mol. The molecule has 0 amide bonds. The maximum atomic E-state index is 4.22. The van der Waals surface area contributed by atoms with Crippen molar-refractivity contribution in [1.29, 1.82) is 0 Å². The van der Waals surface area contributed by atoms with Crippen molar-refractivity contribution in [3.05, 3.63) is 28.5 Å². The lowest BCUT2D eigenvalue weighted by Gasteiger charge is -2.27. The molecular weight excluding hydrogens is 264 g/mol. The van der Waals surface area contributed by atoms with Crippen LogP contribution < -0.4 is 0 Å². The van der Waals surface area contributed by atoms with E-state index in [-0.39, 0.29) is 0 Å². The molecule has 0 aromatic carbocycles. The van der Waals surface area contributed by atoms with E-state index in [1.165, 1.54) is 24.9 Å². The van der Waals surface area contributed by atoms with Crippen LogP contribution in [0, 0.1) is 5.92 Å². The molecule has 3 heteroatoms. The summed E-state index contributed by atoms with van der Waals surface area (Å²) in [5.41, 5.74) is 1.31. The van der Waals surface area contributed by atoms with Gasteiger partial charge in [0.2, 0.25) is 0 Å². The topological polar surface area (TPSA) is 16.1 Å². The SMILES string of the molecule is CC(C)C1CCCN1Cc1cncc(Br)c1. The lowest BCUT2D eigenvalue weighted by Crippen LogP contribution is -2.32. The van der Waals surface area contributed by atoms with E-state index in [4.69, 9.17) is 0 Å². The number of nitrogens with zero attached hydrogens (tertiary/aromatic N) is 2. The van der Waals surface area contributed by atoms with E-state index in [1.807, 2.05) is 12.4 Å². The molecule has 2 nitrogen and oxygen atoms in total. The van der Waals surface area contributed by atoms with Crippen molar-refractivity contribution in [2.75, 3.05) is 6.54 Å². The molecule has 1 aliphatic rings. The van der Waals surface area contributed by atoms with Crippen LogP contribution in [0.4, 0.5) is 0 Å². The second kappa shape index (κ2) is 5.28. The van der Waals surface area contributed by atoms with Crippen molar-refractivity contribution >= 4 is 15.9 Å². The van der Waals surface area contributed by atoms with E-state index in [0.29, 0.717) is 0 Å². The van der Waals surface area contributed by atoms with Crippen molar-refractivity contribution in [1.82, 2.24) is 9.88 Å². The van der Waals surface area contributed by atoms with Crippen LogP contribution in [0.3, 0.4) is 0 Å². The Hall–Kier alpha value is -0.410. The summed E-state index contributed by atoms with van der Waals surface area (Å²) < 4.78 is 1.07. The van der Waals surface area contributed by atoms with Crippen LogP contribution >= 0.6 is 15.9 Å². The van der Waals surface area contributed by atoms with Gasteiger partial charge in [0.1, 0.15) is 0 Å². The Balaban J connectivity index is 2.04. The number of pyridine rings is 1. The maximum absolute atomic E-state index is 4.22. The number of aromatic nitrogens is 1. The highest BCUT2D eigenvalue weighted by Gasteiger charge is 2.26. The summed E-state index contributed by atoms with van der Waals surface area (Å²) in [5, 5.41) is 0. The van der Waals surface area contributed by atoms with Gasteiger partial charge in [-0.3, -0.25) is 9.88 Å². The van der Waals surface area contributed by atoms with Crippen LogP contribution in [0.1, 0.15) is 32.3 Å². The van der Waals surface area contributed by atoms with E-state index in [9.17, 15) is 0 Å². The molecule has 1 atom stereocenters. The molecule has 0 N–H and O–H groups in total. The lowest BCUT2D eigenvalue weighted by molar-refractivity contribution is 0.198. The van der Waals surface area contributed by atoms with Crippen LogP contribution in [-0.4, -0.2) is 22.5 Å². The summed E-state index contributed by atoms with van der Waals surface area (Å²) >= 11 is 3.47. The van der Waals surface area contributed by atoms with Gasteiger partial charge in [0.25, 0.3) is 0 Å². The third-order valence-electron chi connectivity index (χ3n) is 3.33. The molecule has 0 spiro atoms. The molecule has 1 aromatic heterocycles. The fraction of sp³-hybridized carbons (Fsp3) is 0.615. The van der Waals surface area contributed by atoms with E-state index in [0.717, 1.165) is 23.0 Å². The van der Waals surface area contributed by atoms with Gasteiger partial charge in [-0.1, -0.05) is 13.8 Å². The smallest absolute Gasteiger partial charge is 0.0410 e. The molecule has 1 aliphatic heterocycles. The van der Waals surface area contributed by atoms with E-state index >= 15 is 0 Å². The molecule has 2 heterocycles. The minimum absolute atomic E-state index is 0.749. The number of hydrogen-bond acceptors (Lipinski definition) is 2. The zero-order chi connectivity index (χ0) is 11.5. The molecule has 0 aliphatic carbocycles. The summed E-state index contributed by atoms with van der Waals surface area (Å²) in [7, 11) is 0. The first kappa shape index (κ1) is 12.1. The zero-order valence-electron chi connectivity index (χ0n) is 9.99. The van der Waals surface area contributed by atoms with Gasteiger partial charge in [-0.05, 0) is 52.9 Å². The first-order chi connectivity index (χ1) is 7.66. The first-order valence-corrected chi connectivity index (χ1v) is 6.79. The third kappa shape index (κ3) is 2.83. The molecule has 1 saturated heterocycles. The van der Waals surface area contributed by atoms with E-state index in [2.05, 4.69) is 45.7 Å². The quantitative estimate of drug-likeness (QED) is 0.844. The fourth-order valence-corrected chi connectivity index (χ4v) is 2.99. The molecule has 0 saturated carbocycles. The van der Waals surface area contributed by atoms with Gasteiger partial charge in [0.15, 0.2) is 0 Å². The molecule has 1 aromatic rings. The third-order valence-corrected chi connectivity index (χ3v) is 3.76. The predicted octanol–water partition coefficient (Wildman–Crippen LogP) is 3.46. The van der Waals surface area contributed by atoms with Crippen molar-refractivity contribution in [3.63, 3.8) is 0 Å². The number of halogens is 1. The van der Waals surface area contributed by atoms with Crippen LogP contribution in [0.5, 0.6) is 0 Å². The Kier molecular flexibility index (Phi) is 3.98. The first-order valence-electron chi connectivity index (χ1n) is 6.00. The van der Waals surface area contributed by atoms with Crippen molar-refractivity contribution in [2.45, 2.75) is 39.3 Å². The Labute approximate surface area is 106 Å². The second-order valence-electron chi connectivity index (χ2n) is 4.94. The second-order valence-corrected chi connectivity index (χ2v) is 5.85. The number of likely N-dealkylation sites (tertiary alicyclic amines) is 1. The standard InChI is InChI=1S/C13H19BrN2/c1-10(2)13-4-3-5-16(13)9-11-6-12(14)8-15-7-11/h6-8,10,13H,3-5,9H2,1-2H3. The maximum Gasteiger partial charge on any atom is 0.0410 e. The molecule has 0 bridgehead atoms. The van der Waals surface area contributed by atoms with Gasteiger partial charge < -0.3 is 0 Å². The zero-order valence-corrected chi connectivity index (χ0v) is 11.6. The van der Waals surface area contributed by atoms with Crippen LogP contribution in [0.2, 0.25) is 0 Å². The molecule has 88 valence electrons. The summed E-state index contributed by atoms with van der Waals surface area (Å²) in [4.78, 5) is 6.81. The summed E-state index contributed by atoms with van der Waals surface area (Å²) in [6, 6.07) is 2.92. The molecule has 1 fully saturated rings. The molecular formula is C13H19BrN2. The lowest BCUT2D eigenvalue weighted by atomic mass is 10.0. The number of hydrogen-bond donors (Lipinski definition) is 0. The van der Waals surface area contributed by atoms with Crippen molar-refractivity contribution < 1.29 is 0 Å². The van der Waals surface area contributed by atoms with Crippen molar-refractivity contribution in [3.8, 4) is 0 Å². The van der Waals surface area contributed by atoms with Gasteiger partial charge in [-0.2, -0.15) is 0 Å². The van der Waals surface area contributed by atoms with E-state index in [1.54, 1.807) is 0 Å². The van der Waals surface area contributed by atoms with Gasteiger partial charge >= 0.3 is 0 Å². The minimum atomic E-state index is 0.749. The Morgan fingerprint density at radius 3 is 3.00 bits per heavy atom. The highest BCUT2D eigenvalue weighted by molar-refractivity contribution is 9.10. The summed E-state index contributed by atoms with van der Waals surface area (Å²) in [6.07, 6.45) is 6.50. The van der Waals surface area contributed by atoms with E-state index < -0.39 is 0 Å². The predicted molar refractivity (Wildman–Crippen MR) is 70.2 cm³/mol. The Bertz CT molecular complexity index is 352. The van der Waals surface area contributed by atoms with Crippen LogP contribution in [0.15, 0.2) is 22.9 Å². The summed E-state index contributed by atoms with van der Waals surface area (Å²) in [5.74, 6) is 0.752. The minimum Gasteiger partial charge on any atom is -0.296 e.